The highest BCUT2D eigenvalue weighted by Gasteiger charge is 2.12. The second-order valence-electron chi connectivity index (χ2n) is 4.37. The van der Waals surface area contributed by atoms with E-state index in [0.29, 0.717) is 11.4 Å². The van der Waals surface area contributed by atoms with Gasteiger partial charge in [-0.3, -0.25) is 0 Å². The Morgan fingerprint density at radius 1 is 1.26 bits per heavy atom. The van der Waals surface area contributed by atoms with E-state index in [2.05, 4.69) is 25.9 Å². The molecule has 19 heavy (non-hydrogen) atoms. The number of hydrogen-bond acceptors (Lipinski definition) is 2. The average molecular weight is 321 g/mol. The smallest absolute Gasteiger partial charge is 0.141 e. The number of phenols is 1. The Labute approximate surface area is 117 Å². The number of aromatic amines is 1. The van der Waals surface area contributed by atoms with Crippen molar-refractivity contribution in [1.82, 2.24) is 9.97 Å². The number of phenolic OH excluding ortho intramolecular Hbond substituents is 1. The van der Waals surface area contributed by atoms with E-state index in [0.717, 1.165) is 27.1 Å². The van der Waals surface area contributed by atoms with Gasteiger partial charge in [0.05, 0.1) is 16.6 Å². The van der Waals surface area contributed by atoms with Crippen LogP contribution in [-0.4, -0.2) is 15.1 Å². The predicted molar refractivity (Wildman–Crippen MR) is 75.6 cm³/mol. The summed E-state index contributed by atoms with van der Waals surface area (Å²) in [5.74, 6) is -0.152. The normalized spacial score (nSPS) is 11.1. The molecule has 5 heteroatoms. The van der Waals surface area contributed by atoms with Gasteiger partial charge in [-0.05, 0) is 36.8 Å². The first kappa shape index (κ1) is 12.2. The van der Waals surface area contributed by atoms with E-state index >= 15 is 0 Å². The molecule has 0 unspecified atom stereocenters. The fourth-order valence-corrected chi connectivity index (χ4v) is 2.64. The number of aromatic nitrogens is 2. The summed E-state index contributed by atoms with van der Waals surface area (Å²) in [7, 11) is 0. The quantitative estimate of drug-likeness (QED) is 0.707. The Morgan fingerprint density at radius 2 is 2.05 bits per heavy atom. The third-order valence-electron chi connectivity index (χ3n) is 2.95. The average Bonchev–Trinajstić information content (AvgIpc) is 2.72. The summed E-state index contributed by atoms with van der Waals surface area (Å²) in [6.45, 7) is 1.95. The minimum atomic E-state index is -0.504. The largest absolute Gasteiger partial charge is 0.508 e. The van der Waals surface area contributed by atoms with Crippen LogP contribution in [0.3, 0.4) is 0 Å². The monoisotopic (exact) mass is 320 g/mol. The Balaban J connectivity index is 2.23. The van der Waals surface area contributed by atoms with Gasteiger partial charge in [-0.1, -0.05) is 15.9 Å². The van der Waals surface area contributed by atoms with Crippen LogP contribution in [0, 0.1) is 12.7 Å². The molecular formula is C14H10BrFN2O. The number of aromatic hydroxyl groups is 1. The zero-order valence-corrected chi connectivity index (χ0v) is 11.6. The van der Waals surface area contributed by atoms with Gasteiger partial charge in [0.25, 0.3) is 0 Å². The summed E-state index contributed by atoms with van der Waals surface area (Å²) >= 11 is 3.42. The number of H-pyrrole nitrogens is 1. The highest BCUT2D eigenvalue weighted by Crippen LogP contribution is 2.28. The molecule has 0 radical (unpaired) electrons. The van der Waals surface area contributed by atoms with Gasteiger partial charge < -0.3 is 10.1 Å². The first-order valence-electron chi connectivity index (χ1n) is 5.69. The van der Waals surface area contributed by atoms with Crippen LogP contribution in [-0.2, 0) is 0 Å². The topological polar surface area (TPSA) is 48.9 Å². The van der Waals surface area contributed by atoms with E-state index < -0.39 is 5.82 Å². The zero-order chi connectivity index (χ0) is 13.6. The summed E-state index contributed by atoms with van der Waals surface area (Å²) < 4.78 is 14.8. The van der Waals surface area contributed by atoms with Gasteiger partial charge in [0.1, 0.15) is 17.4 Å². The number of nitrogens with zero attached hydrogens (tertiary/aromatic N) is 1. The van der Waals surface area contributed by atoms with E-state index in [1.165, 1.54) is 12.1 Å². The second-order valence-corrected chi connectivity index (χ2v) is 5.28. The van der Waals surface area contributed by atoms with E-state index in [4.69, 9.17) is 0 Å². The predicted octanol–water partition coefficient (Wildman–Crippen LogP) is 4.15. The van der Waals surface area contributed by atoms with Gasteiger partial charge in [0.2, 0.25) is 0 Å². The van der Waals surface area contributed by atoms with Crippen molar-refractivity contribution in [3.63, 3.8) is 0 Å². The Bertz CT molecular complexity index is 782. The van der Waals surface area contributed by atoms with Gasteiger partial charge in [-0.15, -0.1) is 0 Å². The van der Waals surface area contributed by atoms with Crippen molar-refractivity contribution in [3.05, 3.63) is 46.2 Å². The molecule has 0 aliphatic heterocycles. The molecule has 0 aliphatic carbocycles. The molecule has 0 amide bonds. The number of halogens is 2. The van der Waals surface area contributed by atoms with Crippen molar-refractivity contribution in [3.8, 4) is 17.1 Å². The molecule has 0 spiro atoms. The molecular weight excluding hydrogens is 311 g/mol. The van der Waals surface area contributed by atoms with Gasteiger partial charge in [0.15, 0.2) is 0 Å². The number of rotatable bonds is 1. The van der Waals surface area contributed by atoms with Crippen molar-refractivity contribution in [2.75, 3.05) is 0 Å². The molecule has 1 aromatic heterocycles. The molecule has 0 fully saturated rings. The standard InChI is InChI=1S/C14H10BrFN2O/c1-7-4-8(15)5-12-13(7)18-14(17-12)10-3-2-9(19)6-11(10)16/h2-6,19H,1H3,(H,17,18). The zero-order valence-electron chi connectivity index (χ0n) is 10.0. The lowest BCUT2D eigenvalue weighted by atomic mass is 10.2. The number of imidazole rings is 1. The fourth-order valence-electron chi connectivity index (χ4n) is 2.07. The summed E-state index contributed by atoms with van der Waals surface area (Å²) in [6.07, 6.45) is 0. The minimum Gasteiger partial charge on any atom is -0.508 e. The lowest BCUT2D eigenvalue weighted by molar-refractivity contribution is 0.469. The van der Waals surface area contributed by atoms with Gasteiger partial charge in [0, 0.05) is 10.5 Å². The van der Waals surface area contributed by atoms with Crippen LogP contribution in [0.15, 0.2) is 34.8 Å². The molecule has 3 aromatic rings. The first-order chi connectivity index (χ1) is 9.04. The Morgan fingerprint density at radius 3 is 2.79 bits per heavy atom. The molecule has 0 bridgehead atoms. The van der Waals surface area contributed by atoms with Crippen molar-refractivity contribution in [1.29, 1.82) is 0 Å². The van der Waals surface area contributed by atoms with Crippen molar-refractivity contribution in [2.45, 2.75) is 6.92 Å². The molecule has 2 aromatic carbocycles. The molecule has 0 atom stereocenters. The van der Waals surface area contributed by atoms with Crippen LogP contribution >= 0.6 is 15.9 Å². The van der Waals surface area contributed by atoms with Crippen molar-refractivity contribution >= 4 is 27.0 Å². The molecule has 2 N–H and O–H groups in total. The maximum absolute atomic E-state index is 13.8. The maximum Gasteiger partial charge on any atom is 0.141 e. The SMILES string of the molecule is Cc1cc(Br)cc2[nH]c(-c3ccc(O)cc3F)nc12. The Kier molecular flexibility index (Phi) is 2.78. The third kappa shape index (κ3) is 2.10. The minimum absolute atomic E-state index is 0.101. The number of hydrogen-bond donors (Lipinski definition) is 2. The highest BCUT2D eigenvalue weighted by molar-refractivity contribution is 9.10. The summed E-state index contributed by atoms with van der Waals surface area (Å²) in [5.41, 5.74) is 3.00. The van der Waals surface area contributed by atoms with E-state index in [1.807, 2.05) is 19.1 Å². The molecule has 1 heterocycles. The van der Waals surface area contributed by atoms with Gasteiger partial charge in [-0.25, -0.2) is 9.37 Å². The van der Waals surface area contributed by atoms with Crippen LogP contribution in [0.5, 0.6) is 5.75 Å². The van der Waals surface area contributed by atoms with Gasteiger partial charge in [-0.2, -0.15) is 0 Å². The second kappa shape index (κ2) is 4.35. The van der Waals surface area contributed by atoms with Crippen LogP contribution in [0.25, 0.3) is 22.4 Å². The summed E-state index contributed by atoms with van der Waals surface area (Å²) in [6, 6.07) is 7.88. The fraction of sp³-hybridized carbons (Fsp3) is 0.0714. The van der Waals surface area contributed by atoms with Crippen LogP contribution in [0.1, 0.15) is 5.56 Å². The third-order valence-corrected chi connectivity index (χ3v) is 3.41. The summed E-state index contributed by atoms with van der Waals surface area (Å²) in [4.78, 5) is 7.51. The molecule has 0 saturated heterocycles. The molecule has 96 valence electrons. The Hall–Kier alpha value is -1.88. The molecule has 3 nitrogen and oxygen atoms in total. The molecule has 0 aliphatic rings. The van der Waals surface area contributed by atoms with Crippen molar-refractivity contribution in [2.24, 2.45) is 0 Å². The number of benzene rings is 2. The summed E-state index contributed by atoms with van der Waals surface area (Å²) in [5, 5.41) is 9.23. The first-order valence-corrected chi connectivity index (χ1v) is 6.48. The van der Waals surface area contributed by atoms with Crippen LogP contribution < -0.4 is 0 Å². The maximum atomic E-state index is 13.8. The van der Waals surface area contributed by atoms with Crippen molar-refractivity contribution < 1.29 is 9.50 Å². The number of aryl methyl sites for hydroxylation is 1. The molecule has 0 saturated carbocycles. The number of nitrogens with one attached hydrogen (secondary N) is 1. The van der Waals surface area contributed by atoms with Crippen LogP contribution in [0.4, 0.5) is 4.39 Å². The van der Waals surface area contributed by atoms with E-state index in [9.17, 15) is 9.50 Å². The van der Waals surface area contributed by atoms with Gasteiger partial charge >= 0.3 is 0 Å². The van der Waals surface area contributed by atoms with E-state index in [-0.39, 0.29) is 5.75 Å². The molecule has 3 rings (SSSR count). The lowest BCUT2D eigenvalue weighted by Gasteiger charge is -1.99. The van der Waals surface area contributed by atoms with E-state index in [1.54, 1.807) is 0 Å². The highest BCUT2D eigenvalue weighted by atomic mass is 79.9. The lowest BCUT2D eigenvalue weighted by Crippen LogP contribution is -1.85. The number of fused-ring (bicyclic) bond motifs is 1. The van der Waals surface area contributed by atoms with Crippen LogP contribution in [0.2, 0.25) is 0 Å².